The first-order valence-corrected chi connectivity index (χ1v) is 7.78. The zero-order valence-corrected chi connectivity index (χ0v) is 11.9. The van der Waals surface area contributed by atoms with E-state index in [1.54, 1.807) is 7.11 Å². The molecule has 1 aromatic rings. The standard InChI is InChI=1S/C11H17N3O5S/c1-19-8-4-2-3-7(5-8)14-6-9(20(12,17)18)10(15)13-11(14)16/h6-8H,2-5H2,1H3,(H2,12,17,18)(H,13,15,16). The highest BCUT2D eigenvalue weighted by atomic mass is 32.2. The van der Waals surface area contributed by atoms with Crippen molar-refractivity contribution in [3.05, 3.63) is 27.0 Å². The first-order chi connectivity index (χ1) is 9.32. The van der Waals surface area contributed by atoms with Gasteiger partial charge in [-0.2, -0.15) is 0 Å². The molecule has 0 radical (unpaired) electrons. The Morgan fingerprint density at radius 2 is 2.10 bits per heavy atom. The largest absolute Gasteiger partial charge is 0.381 e. The second kappa shape index (κ2) is 5.51. The van der Waals surface area contributed by atoms with Crippen LogP contribution in [0.2, 0.25) is 0 Å². The van der Waals surface area contributed by atoms with Gasteiger partial charge >= 0.3 is 5.69 Å². The summed E-state index contributed by atoms with van der Waals surface area (Å²) in [4.78, 5) is 24.7. The lowest BCUT2D eigenvalue weighted by atomic mass is 9.92. The number of nitrogens with one attached hydrogen (secondary N) is 1. The maximum Gasteiger partial charge on any atom is 0.328 e. The molecule has 0 saturated heterocycles. The van der Waals surface area contributed by atoms with Gasteiger partial charge in [-0.3, -0.25) is 14.3 Å². The highest BCUT2D eigenvalue weighted by molar-refractivity contribution is 7.89. The molecule has 2 unspecified atom stereocenters. The van der Waals surface area contributed by atoms with Crippen molar-refractivity contribution < 1.29 is 13.2 Å². The zero-order chi connectivity index (χ0) is 14.9. The van der Waals surface area contributed by atoms with Gasteiger partial charge in [-0.1, -0.05) is 0 Å². The molecule has 0 spiro atoms. The summed E-state index contributed by atoms with van der Waals surface area (Å²) in [5.41, 5.74) is -1.63. The molecular formula is C11H17N3O5S. The van der Waals surface area contributed by atoms with Crippen LogP contribution in [-0.4, -0.2) is 31.2 Å². The van der Waals surface area contributed by atoms with Gasteiger partial charge in [0.15, 0.2) is 4.90 Å². The summed E-state index contributed by atoms with van der Waals surface area (Å²) >= 11 is 0. The molecule has 0 aliphatic heterocycles. The first-order valence-electron chi connectivity index (χ1n) is 6.24. The van der Waals surface area contributed by atoms with Gasteiger partial charge in [0.25, 0.3) is 5.56 Å². The lowest BCUT2D eigenvalue weighted by Gasteiger charge is -2.29. The lowest BCUT2D eigenvalue weighted by molar-refractivity contribution is 0.0520. The SMILES string of the molecule is COC1CCCC(n2cc(S(N)(=O)=O)c(=O)[nH]c2=O)C1. The Morgan fingerprint density at radius 1 is 1.40 bits per heavy atom. The van der Waals surface area contributed by atoms with Crippen LogP contribution in [0.3, 0.4) is 0 Å². The number of hydrogen-bond donors (Lipinski definition) is 2. The maximum atomic E-state index is 11.8. The van der Waals surface area contributed by atoms with Crippen LogP contribution in [0.1, 0.15) is 31.7 Å². The second-order valence-electron chi connectivity index (χ2n) is 4.88. The lowest BCUT2D eigenvalue weighted by Crippen LogP contribution is -2.38. The van der Waals surface area contributed by atoms with Crippen molar-refractivity contribution in [2.24, 2.45) is 5.14 Å². The summed E-state index contributed by atoms with van der Waals surface area (Å²) in [5, 5.41) is 4.97. The van der Waals surface area contributed by atoms with E-state index in [9.17, 15) is 18.0 Å². The summed E-state index contributed by atoms with van der Waals surface area (Å²) in [6.07, 6.45) is 4.11. The van der Waals surface area contributed by atoms with Crippen LogP contribution in [0, 0.1) is 0 Å². The smallest absolute Gasteiger partial charge is 0.328 e. The number of ether oxygens (including phenoxy) is 1. The summed E-state index contributed by atoms with van der Waals surface area (Å²) in [6.45, 7) is 0. The molecule has 8 nitrogen and oxygen atoms in total. The van der Waals surface area contributed by atoms with E-state index in [0.29, 0.717) is 6.42 Å². The number of aromatic nitrogens is 2. The quantitative estimate of drug-likeness (QED) is 0.765. The third-order valence-electron chi connectivity index (χ3n) is 3.57. The van der Waals surface area contributed by atoms with Crippen LogP contribution in [0.5, 0.6) is 0 Å². The molecule has 1 aliphatic rings. The Labute approximate surface area is 115 Å². The molecule has 9 heteroatoms. The summed E-state index contributed by atoms with van der Waals surface area (Å²) in [5.74, 6) is 0. The molecule has 0 aromatic carbocycles. The van der Waals surface area contributed by atoms with E-state index in [4.69, 9.17) is 9.88 Å². The summed E-state index contributed by atoms with van der Waals surface area (Å²) in [7, 11) is -2.57. The van der Waals surface area contributed by atoms with E-state index >= 15 is 0 Å². The predicted molar refractivity (Wildman–Crippen MR) is 71.0 cm³/mol. The number of nitrogens with two attached hydrogens (primary N) is 1. The molecule has 0 amide bonds. The molecule has 1 heterocycles. The van der Waals surface area contributed by atoms with Crippen LogP contribution >= 0.6 is 0 Å². The third-order valence-corrected chi connectivity index (χ3v) is 4.47. The molecule has 0 bridgehead atoms. The van der Waals surface area contributed by atoms with Gasteiger partial charge < -0.3 is 4.74 Å². The number of nitrogens with zero attached hydrogens (tertiary/aromatic N) is 1. The molecule has 1 aliphatic carbocycles. The van der Waals surface area contributed by atoms with Gasteiger partial charge in [0, 0.05) is 19.3 Å². The number of hydrogen-bond acceptors (Lipinski definition) is 5. The van der Waals surface area contributed by atoms with Crippen molar-refractivity contribution in [2.75, 3.05) is 7.11 Å². The maximum absolute atomic E-state index is 11.8. The van der Waals surface area contributed by atoms with E-state index in [-0.39, 0.29) is 12.1 Å². The molecule has 3 N–H and O–H groups in total. The Bertz CT molecular complexity index is 706. The Kier molecular flexibility index (Phi) is 4.11. The first kappa shape index (κ1) is 14.9. The summed E-state index contributed by atoms with van der Waals surface area (Å²) in [6, 6.07) is -0.210. The van der Waals surface area contributed by atoms with E-state index in [1.165, 1.54) is 4.57 Å². The number of primary sulfonamides is 1. The number of methoxy groups -OCH3 is 1. The molecule has 1 saturated carbocycles. The number of rotatable bonds is 3. The van der Waals surface area contributed by atoms with Crippen molar-refractivity contribution >= 4 is 10.0 Å². The summed E-state index contributed by atoms with van der Waals surface area (Å²) < 4.78 is 29.2. The molecule has 2 rings (SSSR count). The predicted octanol–water partition coefficient (Wildman–Crippen LogP) is -0.686. The monoisotopic (exact) mass is 303 g/mol. The van der Waals surface area contributed by atoms with Crippen LogP contribution in [0.25, 0.3) is 0 Å². The number of aromatic amines is 1. The van der Waals surface area contributed by atoms with Crippen LogP contribution < -0.4 is 16.4 Å². The molecule has 1 fully saturated rings. The third kappa shape index (κ3) is 3.00. The minimum Gasteiger partial charge on any atom is -0.381 e. The molecule has 20 heavy (non-hydrogen) atoms. The van der Waals surface area contributed by atoms with Crippen molar-refractivity contribution in [2.45, 2.75) is 42.7 Å². The molecule has 112 valence electrons. The molecule has 2 atom stereocenters. The van der Waals surface area contributed by atoms with Crippen LogP contribution in [0.15, 0.2) is 20.7 Å². The van der Waals surface area contributed by atoms with E-state index in [2.05, 4.69) is 0 Å². The minimum atomic E-state index is -4.17. The van der Waals surface area contributed by atoms with Crippen molar-refractivity contribution in [1.82, 2.24) is 9.55 Å². The molecule has 1 aromatic heterocycles. The average molecular weight is 303 g/mol. The number of H-pyrrole nitrogens is 1. The average Bonchev–Trinajstić information content (AvgIpc) is 2.37. The fourth-order valence-electron chi connectivity index (χ4n) is 2.53. The van der Waals surface area contributed by atoms with Gasteiger partial charge in [0.1, 0.15) is 0 Å². The fraction of sp³-hybridized carbons (Fsp3) is 0.636. The Balaban J connectivity index is 2.47. The number of sulfonamides is 1. The van der Waals surface area contributed by atoms with Crippen molar-refractivity contribution in [3.8, 4) is 0 Å². The van der Waals surface area contributed by atoms with E-state index in [1.807, 2.05) is 4.98 Å². The molecular weight excluding hydrogens is 286 g/mol. The van der Waals surface area contributed by atoms with Crippen molar-refractivity contribution in [3.63, 3.8) is 0 Å². The second-order valence-corrected chi connectivity index (χ2v) is 6.41. The van der Waals surface area contributed by atoms with Gasteiger partial charge in [-0.05, 0) is 25.7 Å². The minimum absolute atomic E-state index is 0.0190. The van der Waals surface area contributed by atoms with Crippen LogP contribution in [-0.2, 0) is 14.8 Å². The van der Waals surface area contributed by atoms with Gasteiger partial charge in [-0.25, -0.2) is 18.4 Å². The van der Waals surface area contributed by atoms with Gasteiger partial charge in [0.05, 0.1) is 6.10 Å². The fourth-order valence-corrected chi connectivity index (χ4v) is 3.10. The van der Waals surface area contributed by atoms with E-state index in [0.717, 1.165) is 25.5 Å². The van der Waals surface area contributed by atoms with Gasteiger partial charge in [0.2, 0.25) is 10.0 Å². The highest BCUT2D eigenvalue weighted by Gasteiger charge is 2.25. The highest BCUT2D eigenvalue weighted by Crippen LogP contribution is 2.28. The zero-order valence-electron chi connectivity index (χ0n) is 11.0. The normalized spacial score (nSPS) is 23.7. The Hall–Kier alpha value is -1.45. The van der Waals surface area contributed by atoms with Crippen molar-refractivity contribution in [1.29, 1.82) is 0 Å². The van der Waals surface area contributed by atoms with E-state index < -0.39 is 26.2 Å². The van der Waals surface area contributed by atoms with Crippen LogP contribution in [0.4, 0.5) is 0 Å². The Morgan fingerprint density at radius 3 is 2.70 bits per heavy atom. The topological polar surface area (TPSA) is 124 Å². The van der Waals surface area contributed by atoms with Gasteiger partial charge in [-0.15, -0.1) is 0 Å².